The quantitative estimate of drug-likeness (QED) is 0.570. The number of imidazole rings is 1. The summed E-state index contributed by atoms with van der Waals surface area (Å²) in [5, 5.41) is 6.02. The molecule has 146 valence electrons. The average Bonchev–Trinajstić information content (AvgIpc) is 3.36. The van der Waals surface area contributed by atoms with E-state index in [0.717, 1.165) is 22.0 Å². The molecule has 0 unspecified atom stereocenters. The van der Waals surface area contributed by atoms with Gasteiger partial charge in [-0.1, -0.05) is 23.9 Å². The van der Waals surface area contributed by atoms with Gasteiger partial charge in [0.1, 0.15) is 5.76 Å². The monoisotopic (exact) mass is 398 g/mol. The molecule has 1 aromatic carbocycles. The van der Waals surface area contributed by atoms with Gasteiger partial charge in [-0.3, -0.25) is 14.2 Å². The third-order valence-electron chi connectivity index (χ3n) is 4.05. The number of aromatic nitrogens is 2. The molecule has 2 N–H and O–H groups in total. The lowest BCUT2D eigenvalue weighted by atomic mass is 10.1. The molecule has 2 amide bonds. The van der Waals surface area contributed by atoms with Crippen LogP contribution in [-0.4, -0.2) is 33.7 Å². The highest BCUT2D eigenvalue weighted by Gasteiger charge is 2.12. The van der Waals surface area contributed by atoms with Gasteiger partial charge in [0.25, 0.3) is 0 Å². The van der Waals surface area contributed by atoms with Gasteiger partial charge in [-0.15, -0.1) is 0 Å². The molecule has 0 fully saturated rings. The van der Waals surface area contributed by atoms with E-state index in [2.05, 4.69) is 33.8 Å². The van der Waals surface area contributed by atoms with E-state index < -0.39 is 0 Å². The van der Waals surface area contributed by atoms with Crippen LogP contribution in [-0.2, 0) is 16.1 Å². The van der Waals surface area contributed by atoms with E-state index in [1.165, 1.54) is 11.8 Å². The molecule has 3 aromatic rings. The normalized spacial score (nSPS) is 10.6. The number of amides is 2. The number of aryl methyl sites for hydroxylation is 2. The molecule has 0 spiro atoms. The molecular formula is C20H22N4O3S. The average molecular weight is 398 g/mol. The Morgan fingerprint density at radius 1 is 1.18 bits per heavy atom. The molecule has 0 saturated heterocycles. The summed E-state index contributed by atoms with van der Waals surface area (Å²) in [6, 6.07) is 9.74. The SMILES string of the molecule is Cc1ccc(C)c(-n2ccnc2SCC(=O)NCC(=O)NCc2ccco2)c1. The first kappa shape index (κ1) is 19.8. The second-order valence-corrected chi connectivity index (χ2v) is 7.23. The van der Waals surface area contributed by atoms with Crippen LogP contribution in [0.4, 0.5) is 0 Å². The largest absolute Gasteiger partial charge is 0.467 e. The zero-order chi connectivity index (χ0) is 19.9. The van der Waals surface area contributed by atoms with E-state index in [1.807, 2.05) is 24.6 Å². The highest BCUT2D eigenvalue weighted by Crippen LogP contribution is 2.23. The van der Waals surface area contributed by atoms with Gasteiger partial charge in [0, 0.05) is 12.4 Å². The van der Waals surface area contributed by atoms with Crippen LogP contribution in [0.1, 0.15) is 16.9 Å². The van der Waals surface area contributed by atoms with E-state index >= 15 is 0 Å². The van der Waals surface area contributed by atoms with Crippen molar-refractivity contribution in [3.05, 3.63) is 65.9 Å². The van der Waals surface area contributed by atoms with Gasteiger partial charge in [-0.25, -0.2) is 4.98 Å². The molecule has 0 aliphatic heterocycles. The summed E-state index contributed by atoms with van der Waals surface area (Å²) in [7, 11) is 0. The summed E-state index contributed by atoms with van der Waals surface area (Å²) in [4.78, 5) is 28.2. The Morgan fingerprint density at radius 2 is 2.04 bits per heavy atom. The molecule has 0 radical (unpaired) electrons. The maximum Gasteiger partial charge on any atom is 0.239 e. The first-order valence-corrected chi connectivity index (χ1v) is 9.81. The van der Waals surface area contributed by atoms with Crippen LogP contribution in [0, 0.1) is 13.8 Å². The zero-order valence-corrected chi connectivity index (χ0v) is 16.6. The Balaban J connectivity index is 1.48. The Labute approximate surface area is 167 Å². The molecular weight excluding hydrogens is 376 g/mol. The Bertz CT molecular complexity index is 950. The molecule has 0 saturated carbocycles. The first-order chi connectivity index (χ1) is 13.5. The standard InChI is InChI=1S/C20H22N4O3S/c1-14-5-6-15(2)17(10-14)24-8-7-21-20(24)28-13-19(26)23-12-18(25)22-11-16-4-3-9-27-16/h3-10H,11-13H2,1-2H3,(H,22,25)(H,23,26). The van der Waals surface area contributed by atoms with Crippen molar-refractivity contribution in [3.63, 3.8) is 0 Å². The maximum atomic E-state index is 12.1. The van der Waals surface area contributed by atoms with Crippen molar-refractivity contribution >= 4 is 23.6 Å². The van der Waals surface area contributed by atoms with Crippen LogP contribution in [0.15, 0.2) is 58.6 Å². The second-order valence-electron chi connectivity index (χ2n) is 6.29. The number of furan rings is 1. The van der Waals surface area contributed by atoms with Crippen molar-refractivity contribution in [1.82, 2.24) is 20.2 Å². The summed E-state index contributed by atoms with van der Waals surface area (Å²) < 4.78 is 7.11. The highest BCUT2D eigenvalue weighted by molar-refractivity contribution is 7.99. The van der Waals surface area contributed by atoms with Crippen LogP contribution < -0.4 is 10.6 Å². The zero-order valence-electron chi connectivity index (χ0n) is 15.8. The number of nitrogens with one attached hydrogen (secondary N) is 2. The van der Waals surface area contributed by atoms with Crippen LogP contribution in [0.3, 0.4) is 0 Å². The lowest BCUT2D eigenvalue weighted by Crippen LogP contribution is -2.37. The molecule has 0 aliphatic carbocycles. The van der Waals surface area contributed by atoms with Gasteiger partial charge in [-0.2, -0.15) is 0 Å². The van der Waals surface area contributed by atoms with Crippen LogP contribution in [0.25, 0.3) is 5.69 Å². The predicted octanol–water partition coefficient (Wildman–Crippen LogP) is 2.61. The van der Waals surface area contributed by atoms with E-state index in [-0.39, 0.29) is 24.1 Å². The number of benzene rings is 1. The van der Waals surface area contributed by atoms with Crippen molar-refractivity contribution in [1.29, 1.82) is 0 Å². The van der Waals surface area contributed by atoms with Crippen molar-refractivity contribution < 1.29 is 14.0 Å². The second kappa shape index (κ2) is 9.27. The lowest BCUT2D eigenvalue weighted by molar-refractivity contribution is -0.124. The molecule has 0 aliphatic rings. The fourth-order valence-corrected chi connectivity index (χ4v) is 3.38. The van der Waals surface area contributed by atoms with E-state index in [9.17, 15) is 9.59 Å². The predicted molar refractivity (Wildman–Crippen MR) is 107 cm³/mol. The van der Waals surface area contributed by atoms with Gasteiger partial charge >= 0.3 is 0 Å². The van der Waals surface area contributed by atoms with Crippen molar-refractivity contribution in [2.45, 2.75) is 25.5 Å². The third kappa shape index (κ3) is 5.26. The Morgan fingerprint density at radius 3 is 2.82 bits per heavy atom. The molecule has 2 heterocycles. The summed E-state index contributed by atoms with van der Waals surface area (Å²) in [6.07, 6.45) is 5.14. The van der Waals surface area contributed by atoms with E-state index in [1.54, 1.807) is 24.6 Å². The minimum Gasteiger partial charge on any atom is -0.467 e. The summed E-state index contributed by atoms with van der Waals surface area (Å²) in [5.74, 6) is 0.335. The number of nitrogens with zero attached hydrogens (tertiary/aromatic N) is 2. The fourth-order valence-electron chi connectivity index (χ4n) is 2.58. The summed E-state index contributed by atoms with van der Waals surface area (Å²) in [5.41, 5.74) is 3.32. The van der Waals surface area contributed by atoms with Gasteiger partial charge in [0.2, 0.25) is 11.8 Å². The number of thioether (sulfide) groups is 1. The highest BCUT2D eigenvalue weighted by atomic mass is 32.2. The molecule has 8 heteroatoms. The van der Waals surface area contributed by atoms with Crippen LogP contribution >= 0.6 is 11.8 Å². The first-order valence-electron chi connectivity index (χ1n) is 8.82. The molecule has 2 aromatic heterocycles. The number of hydrogen-bond acceptors (Lipinski definition) is 5. The number of rotatable bonds is 8. The summed E-state index contributed by atoms with van der Waals surface area (Å²) in [6.45, 7) is 4.30. The van der Waals surface area contributed by atoms with E-state index in [0.29, 0.717) is 12.3 Å². The smallest absolute Gasteiger partial charge is 0.239 e. The van der Waals surface area contributed by atoms with Gasteiger partial charge < -0.3 is 15.1 Å². The summed E-state index contributed by atoms with van der Waals surface area (Å²) >= 11 is 1.33. The van der Waals surface area contributed by atoms with Gasteiger partial charge in [0.05, 0.1) is 30.8 Å². The Hall–Kier alpha value is -3.00. The number of carbonyl (C=O) groups is 2. The van der Waals surface area contributed by atoms with Crippen LogP contribution in [0.2, 0.25) is 0 Å². The maximum absolute atomic E-state index is 12.1. The molecule has 3 rings (SSSR count). The van der Waals surface area contributed by atoms with Crippen LogP contribution in [0.5, 0.6) is 0 Å². The third-order valence-corrected chi connectivity index (χ3v) is 5.02. The minimum absolute atomic E-state index is 0.0778. The number of carbonyl (C=O) groups excluding carboxylic acids is 2. The topological polar surface area (TPSA) is 89.2 Å². The van der Waals surface area contributed by atoms with Gasteiger partial charge in [0.15, 0.2) is 5.16 Å². The lowest BCUT2D eigenvalue weighted by Gasteiger charge is -2.11. The van der Waals surface area contributed by atoms with E-state index in [4.69, 9.17) is 4.42 Å². The molecule has 0 bridgehead atoms. The minimum atomic E-state index is -0.272. The van der Waals surface area contributed by atoms with Crippen molar-refractivity contribution in [2.24, 2.45) is 0 Å². The fraction of sp³-hybridized carbons (Fsp3) is 0.250. The Kier molecular flexibility index (Phi) is 6.54. The molecule has 0 atom stereocenters. The van der Waals surface area contributed by atoms with Crippen molar-refractivity contribution in [3.8, 4) is 5.69 Å². The number of hydrogen-bond donors (Lipinski definition) is 2. The van der Waals surface area contributed by atoms with Gasteiger partial charge in [-0.05, 0) is 43.2 Å². The van der Waals surface area contributed by atoms with Crippen molar-refractivity contribution in [2.75, 3.05) is 12.3 Å². The molecule has 28 heavy (non-hydrogen) atoms. The molecule has 7 nitrogen and oxygen atoms in total.